The lowest BCUT2D eigenvalue weighted by molar-refractivity contribution is -0.133. The second-order valence-electron chi connectivity index (χ2n) is 7.67. The molecule has 0 aliphatic rings. The molecule has 34 heavy (non-hydrogen) atoms. The van der Waals surface area contributed by atoms with Gasteiger partial charge in [-0.15, -0.1) is 0 Å². The number of esters is 1. The van der Waals surface area contributed by atoms with E-state index in [4.69, 9.17) is 9.47 Å². The second-order valence-corrected chi connectivity index (χ2v) is 8.73. The summed E-state index contributed by atoms with van der Waals surface area (Å²) < 4.78 is 11.2. The Morgan fingerprint density at radius 2 is 1.74 bits per heavy atom. The first-order chi connectivity index (χ1) is 16.4. The van der Waals surface area contributed by atoms with Crippen molar-refractivity contribution in [2.24, 2.45) is 0 Å². The molecule has 4 rings (SSSR count). The van der Waals surface area contributed by atoms with Gasteiger partial charge in [-0.3, -0.25) is 9.78 Å². The van der Waals surface area contributed by atoms with E-state index in [9.17, 15) is 14.7 Å². The van der Waals surface area contributed by atoms with E-state index in [2.05, 4.69) is 4.98 Å². The minimum Gasteiger partial charge on any atom is -0.494 e. The van der Waals surface area contributed by atoms with Gasteiger partial charge in [0.1, 0.15) is 11.5 Å². The molecule has 0 aliphatic carbocycles. The molecule has 0 amide bonds. The van der Waals surface area contributed by atoms with Crippen molar-refractivity contribution in [2.75, 3.05) is 7.11 Å². The lowest BCUT2D eigenvalue weighted by atomic mass is 10.0. The summed E-state index contributed by atoms with van der Waals surface area (Å²) >= 11 is 0.985. The Morgan fingerprint density at radius 1 is 1.03 bits per heavy atom. The van der Waals surface area contributed by atoms with Crippen molar-refractivity contribution >= 4 is 29.0 Å². The van der Waals surface area contributed by atoms with Crippen LogP contribution in [0, 0.1) is 6.92 Å². The first-order valence-electron chi connectivity index (χ1n) is 10.6. The molecular formula is C27H23NO5S. The molecule has 0 spiro atoms. The highest BCUT2D eigenvalue weighted by Gasteiger charge is 2.18. The molecule has 172 valence electrons. The van der Waals surface area contributed by atoms with Gasteiger partial charge in [-0.05, 0) is 42.3 Å². The molecule has 1 aromatic heterocycles. The van der Waals surface area contributed by atoms with Crippen LogP contribution in [0.3, 0.4) is 0 Å². The van der Waals surface area contributed by atoms with E-state index in [1.165, 1.54) is 7.11 Å². The van der Waals surface area contributed by atoms with Crippen molar-refractivity contribution in [3.8, 4) is 17.4 Å². The van der Waals surface area contributed by atoms with Crippen molar-refractivity contribution in [1.29, 1.82) is 0 Å². The number of aryl methyl sites for hydroxylation is 1. The molecule has 4 aromatic rings. The number of methoxy groups -OCH3 is 1. The number of aromatic hydroxyl groups is 1. The first kappa shape index (κ1) is 23.1. The van der Waals surface area contributed by atoms with Gasteiger partial charge in [-0.2, -0.15) is 0 Å². The fourth-order valence-corrected chi connectivity index (χ4v) is 4.18. The minimum absolute atomic E-state index is 0.0973. The van der Waals surface area contributed by atoms with Gasteiger partial charge in [-0.25, -0.2) is 4.79 Å². The van der Waals surface area contributed by atoms with E-state index in [1.807, 2.05) is 61.5 Å². The number of rotatable bonds is 7. The summed E-state index contributed by atoms with van der Waals surface area (Å²) in [5, 5.41) is 9.80. The summed E-state index contributed by atoms with van der Waals surface area (Å²) in [5.41, 5.74) is 3.92. The molecule has 0 radical (unpaired) electrons. The van der Waals surface area contributed by atoms with Gasteiger partial charge >= 0.3 is 10.8 Å². The van der Waals surface area contributed by atoms with E-state index >= 15 is 0 Å². The summed E-state index contributed by atoms with van der Waals surface area (Å²) in [6.07, 6.45) is 2.21. The van der Waals surface area contributed by atoms with Crippen molar-refractivity contribution in [1.82, 2.24) is 4.98 Å². The van der Waals surface area contributed by atoms with Gasteiger partial charge in [0.25, 0.3) is 0 Å². The number of nitrogens with one attached hydrogen (secondary N) is 1. The van der Waals surface area contributed by atoms with Crippen molar-refractivity contribution in [3.63, 3.8) is 0 Å². The Bertz CT molecular complexity index is 1380. The average Bonchev–Trinajstić information content (AvgIpc) is 3.16. The Labute approximate surface area is 200 Å². The number of aromatic amines is 1. The van der Waals surface area contributed by atoms with Crippen LogP contribution in [0.2, 0.25) is 0 Å². The summed E-state index contributed by atoms with van der Waals surface area (Å²) in [5.74, 6) is 0.542. The Morgan fingerprint density at radius 3 is 2.38 bits per heavy atom. The zero-order valence-electron chi connectivity index (χ0n) is 18.7. The Hall–Kier alpha value is -4.10. The Balaban J connectivity index is 1.61. The number of hydrogen-bond donors (Lipinski definition) is 2. The maximum Gasteiger partial charge on any atom is 0.338 e. The van der Waals surface area contributed by atoms with E-state index in [-0.39, 0.29) is 10.8 Å². The number of carbonyl (C=O) groups is 1. The molecular weight excluding hydrogens is 450 g/mol. The van der Waals surface area contributed by atoms with E-state index < -0.39 is 5.97 Å². The quantitative estimate of drug-likeness (QED) is 0.209. The van der Waals surface area contributed by atoms with Crippen LogP contribution in [-0.4, -0.2) is 23.2 Å². The third kappa shape index (κ3) is 5.44. The van der Waals surface area contributed by atoms with E-state index in [1.54, 1.807) is 24.3 Å². The molecule has 3 aromatic carbocycles. The van der Waals surface area contributed by atoms with E-state index in [0.29, 0.717) is 33.9 Å². The number of benzene rings is 3. The van der Waals surface area contributed by atoms with Crippen LogP contribution >= 0.6 is 11.3 Å². The maximum atomic E-state index is 12.6. The minimum atomic E-state index is -0.461. The van der Waals surface area contributed by atoms with Crippen LogP contribution in [0.4, 0.5) is 0 Å². The van der Waals surface area contributed by atoms with Crippen LogP contribution < -0.4 is 9.61 Å². The van der Waals surface area contributed by atoms with Crippen LogP contribution in [-0.2, 0) is 16.0 Å². The van der Waals surface area contributed by atoms with E-state index in [0.717, 1.165) is 28.0 Å². The normalized spacial score (nSPS) is 11.3. The molecule has 0 saturated carbocycles. The number of ether oxygens (including phenoxy) is 2. The summed E-state index contributed by atoms with van der Waals surface area (Å²) in [7, 11) is 1.35. The average molecular weight is 474 g/mol. The van der Waals surface area contributed by atoms with Crippen LogP contribution in [0.1, 0.15) is 27.1 Å². The van der Waals surface area contributed by atoms with Gasteiger partial charge < -0.3 is 14.6 Å². The molecule has 0 fully saturated rings. The smallest absolute Gasteiger partial charge is 0.338 e. The van der Waals surface area contributed by atoms with Gasteiger partial charge in [-0.1, -0.05) is 71.5 Å². The van der Waals surface area contributed by atoms with Crippen molar-refractivity contribution in [2.45, 2.75) is 13.3 Å². The molecule has 0 saturated heterocycles. The molecule has 2 N–H and O–H groups in total. The van der Waals surface area contributed by atoms with Crippen LogP contribution in [0.5, 0.6) is 17.4 Å². The number of carbonyl (C=O) groups excluding carboxylic acids is 1. The van der Waals surface area contributed by atoms with Crippen molar-refractivity contribution in [3.05, 3.63) is 110 Å². The van der Waals surface area contributed by atoms with Gasteiger partial charge in [0.05, 0.1) is 17.6 Å². The fourth-order valence-electron chi connectivity index (χ4n) is 3.42. The van der Waals surface area contributed by atoms with Gasteiger partial charge in [0.15, 0.2) is 0 Å². The molecule has 1 heterocycles. The molecule has 7 heteroatoms. The highest BCUT2D eigenvalue weighted by atomic mass is 32.1. The summed E-state index contributed by atoms with van der Waals surface area (Å²) in [6.45, 7) is 2.01. The fraction of sp³-hybridized carbons (Fsp3) is 0.111. The number of para-hydroxylation sites is 1. The zero-order valence-corrected chi connectivity index (χ0v) is 19.5. The third-order valence-corrected chi connectivity index (χ3v) is 6.06. The zero-order chi connectivity index (χ0) is 24.1. The number of H-pyrrole nitrogens is 1. The predicted octanol–water partition coefficient (Wildman–Crippen LogP) is 5.55. The number of thiazole rings is 1. The standard InChI is InChI=1S/C27H23NO5S/c1-17-7-9-18(10-8-17)15-22(26(30)32-2)21-5-3-4-6-23(21)33-20-13-11-19(12-14-20)16-24-25(29)28-27(31)34-24/h3-15,29H,16H2,1-2H3,(H,28,31). The largest absolute Gasteiger partial charge is 0.494 e. The first-order valence-corrected chi connectivity index (χ1v) is 11.4. The van der Waals surface area contributed by atoms with Crippen LogP contribution in [0.25, 0.3) is 11.6 Å². The SMILES string of the molecule is COC(=O)C(=Cc1ccc(C)cc1)c1ccccc1Oc1ccc(Cc2sc(=O)[nH]c2O)cc1. The predicted molar refractivity (Wildman–Crippen MR) is 133 cm³/mol. The molecule has 0 aliphatic heterocycles. The van der Waals surface area contributed by atoms with Crippen LogP contribution in [0.15, 0.2) is 77.6 Å². The highest BCUT2D eigenvalue weighted by Crippen LogP contribution is 2.32. The monoisotopic (exact) mass is 473 g/mol. The lowest BCUT2D eigenvalue weighted by Crippen LogP contribution is -2.05. The highest BCUT2D eigenvalue weighted by molar-refractivity contribution is 7.09. The number of aromatic nitrogens is 1. The number of hydrogen-bond acceptors (Lipinski definition) is 6. The lowest BCUT2D eigenvalue weighted by Gasteiger charge is -2.13. The summed E-state index contributed by atoms with van der Waals surface area (Å²) in [6, 6.07) is 22.5. The topological polar surface area (TPSA) is 88.6 Å². The third-order valence-electron chi connectivity index (χ3n) is 5.19. The maximum absolute atomic E-state index is 12.6. The Kier molecular flexibility index (Phi) is 6.94. The van der Waals surface area contributed by atoms with Crippen molar-refractivity contribution < 1.29 is 19.4 Å². The van der Waals surface area contributed by atoms with Gasteiger partial charge in [0, 0.05) is 12.0 Å². The van der Waals surface area contributed by atoms with Gasteiger partial charge in [0.2, 0.25) is 5.88 Å². The summed E-state index contributed by atoms with van der Waals surface area (Å²) in [4.78, 5) is 26.7. The second kappa shape index (κ2) is 10.2. The molecule has 6 nitrogen and oxygen atoms in total. The molecule has 0 bridgehead atoms. The molecule has 0 atom stereocenters. The molecule has 0 unspecified atom stereocenters.